The molecule has 1 heterocycles. The summed E-state index contributed by atoms with van der Waals surface area (Å²) >= 11 is 0. The van der Waals surface area contributed by atoms with Crippen molar-refractivity contribution in [2.24, 2.45) is 11.1 Å². The van der Waals surface area contributed by atoms with Crippen molar-refractivity contribution in [1.29, 1.82) is 0 Å². The number of nitrogens with one attached hydrogen (secondary N) is 4. The highest BCUT2D eigenvalue weighted by Gasteiger charge is 2.20. The van der Waals surface area contributed by atoms with E-state index in [0.29, 0.717) is 6.61 Å². The molecule has 1 aliphatic rings. The van der Waals surface area contributed by atoms with E-state index in [1.807, 2.05) is 53.1 Å². The van der Waals surface area contributed by atoms with Crippen LogP contribution in [0.15, 0.2) is 78.0 Å². The molecule has 254 valence electrons. The van der Waals surface area contributed by atoms with E-state index >= 15 is 0 Å². The molecular weight excluding hydrogens is 556 g/mol. The maximum absolute atomic E-state index is 6.10. The van der Waals surface area contributed by atoms with Gasteiger partial charge in [0.1, 0.15) is 0 Å². The van der Waals surface area contributed by atoms with Crippen molar-refractivity contribution >= 4 is 11.4 Å². The van der Waals surface area contributed by atoms with Gasteiger partial charge in [0, 0.05) is 49.6 Å². The third kappa shape index (κ3) is 18.8. The fourth-order valence-corrected chi connectivity index (χ4v) is 4.60. The van der Waals surface area contributed by atoms with Crippen molar-refractivity contribution in [2.75, 3.05) is 37.5 Å². The third-order valence-corrected chi connectivity index (χ3v) is 6.91. The Morgan fingerprint density at radius 1 is 1.11 bits per heavy atom. The summed E-state index contributed by atoms with van der Waals surface area (Å²) in [6, 6.07) is 10.5. The molecule has 3 rings (SSSR count). The molecule has 0 atom stereocenters. The van der Waals surface area contributed by atoms with Gasteiger partial charge in [-0.3, -0.25) is 15.3 Å². The number of nitrogens with zero attached hydrogens (tertiary/aromatic N) is 1. The molecule has 6 N–H and O–H groups in total. The molecule has 0 amide bonds. The van der Waals surface area contributed by atoms with Crippen LogP contribution in [0.3, 0.4) is 0 Å². The van der Waals surface area contributed by atoms with Crippen molar-refractivity contribution in [3.8, 4) is 0 Å². The van der Waals surface area contributed by atoms with Crippen molar-refractivity contribution in [3.63, 3.8) is 0 Å². The van der Waals surface area contributed by atoms with Gasteiger partial charge in [0.2, 0.25) is 0 Å². The molecule has 1 aliphatic carbocycles. The Morgan fingerprint density at radius 3 is 2.49 bits per heavy atom. The topological polar surface area (TPSA) is 96.3 Å². The molecule has 1 aromatic carbocycles. The number of nitrogens with two attached hydrogens (primary N) is 1. The van der Waals surface area contributed by atoms with Crippen LogP contribution in [0.2, 0.25) is 0 Å². The number of rotatable bonds is 16. The number of hydrogen-bond acceptors (Lipinski definition) is 7. The monoisotopic (exact) mass is 623 g/mol. The minimum Gasteiger partial charge on any atom is -0.399 e. The minimum absolute atomic E-state index is 0.000237. The van der Waals surface area contributed by atoms with Crippen molar-refractivity contribution in [1.82, 2.24) is 15.6 Å². The van der Waals surface area contributed by atoms with E-state index in [1.54, 1.807) is 12.4 Å². The number of aryl methyl sites for hydroxylation is 1. The SMILES string of the molecule is CC.CC.CCC/C(=C/NCC)NC.Cc1ccc(CC(C)(C)CONc2cccnc2)cc1NCCCC1=C(N)C=CCC1. The lowest BCUT2D eigenvalue weighted by atomic mass is 9.86. The largest absolute Gasteiger partial charge is 0.399 e. The van der Waals surface area contributed by atoms with Gasteiger partial charge >= 0.3 is 0 Å². The van der Waals surface area contributed by atoms with E-state index in [-0.39, 0.29) is 5.41 Å². The number of benzene rings is 1. The summed E-state index contributed by atoms with van der Waals surface area (Å²) < 4.78 is 0. The Balaban J connectivity index is 0.00000117. The molecule has 2 aromatic rings. The molecule has 0 radical (unpaired) electrons. The van der Waals surface area contributed by atoms with Gasteiger partial charge in [-0.1, -0.05) is 73.1 Å². The Labute approximate surface area is 276 Å². The summed E-state index contributed by atoms with van der Waals surface area (Å²) in [5.74, 6) is 0. The number of aromatic nitrogens is 1. The van der Waals surface area contributed by atoms with Crippen molar-refractivity contribution in [2.45, 2.75) is 107 Å². The molecule has 45 heavy (non-hydrogen) atoms. The Hall–Kier alpha value is -3.45. The highest BCUT2D eigenvalue weighted by Crippen LogP contribution is 2.26. The molecule has 0 spiro atoms. The zero-order chi connectivity index (χ0) is 33.9. The smallest absolute Gasteiger partial charge is 0.0800 e. The highest BCUT2D eigenvalue weighted by molar-refractivity contribution is 5.53. The van der Waals surface area contributed by atoms with Gasteiger partial charge in [0.05, 0.1) is 18.5 Å². The number of pyridine rings is 1. The molecule has 7 heteroatoms. The van der Waals surface area contributed by atoms with Crippen LogP contribution < -0.4 is 27.2 Å². The van der Waals surface area contributed by atoms with Gasteiger partial charge in [-0.15, -0.1) is 0 Å². The Bertz CT molecular complexity index is 1110. The lowest BCUT2D eigenvalue weighted by Gasteiger charge is -2.25. The summed E-state index contributed by atoms with van der Waals surface area (Å²) in [6.07, 6.45) is 17.4. The normalized spacial score (nSPS) is 12.4. The zero-order valence-electron chi connectivity index (χ0n) is 30.3. The van der Waals surface area contributed by atoms with Gasteiger partial charge in [-0.25, -0.2) is 0 Å². The maximum Gasteiger partial charge on any atom is 0.0800 e. The molecular formula is C38H66N6O. The summed E-state index contributed by atoms with van der Waals surface area (Å²) in [7, 11) is 1.96. The lowest BCUT2D eigenvalue weighted by molar-refractivity contribution is 0.102. The summed E-state index contributed by atoms with van der Waals surface area (Å²) in [4.78, 5) is 9.82. The van der Waals surface area contributed by atoms with Crippen LogP contribution in [0.25, 0.3) is 0 Å². The van der Waals surface area contributed by atoms with Gasteiger partial charge in [-0.05, 0) is 98.8 Å². The predicted octanol–water partition coefficient (Wildman–Crippen LogP) is 9.27. The second-order valence-corrected chi connectivity index (χ2v) is 11.4. The summed E-state index contributed by atoms with van der Waals surface area (Å²) in [5.41, 5.74) is 17.4. The maximum atomic E-state index is 6.10. The molecule has 0 saturated heterocycles. The van der Waals surface area contributed by atoms with Crippen LogP contribution in [-0.2, 0) is 11.3 Å². The Morgan fingerprint density at radius 2 is 1.87 bits per heavy atom. The molecule has 0 fully saturated rings. The zero-order valence-corrected chi connectivity index (χ0v) is 30.3. The Kier molecular flexibility index (Phi) is 23.9. The van der Waals surface area contributed by atoms with Crippen LogP contribution in [0, 0.1) is 12.3 Å². The average molecular weight is 623 g/mol. The van der Waals surface area contributed by atoms with Crippen LogP contribution in [0.4, 0.5) is 11.4 Å². The third-order valence-electron chi connectivity index (χ3n) is 6.91. The predicted molar refractivity (Wildman–Crippen MR) is 198 cm³/mol. The van der Waals surface area contributed by atoms with E-state index in [2.05, 4.69) is 91.4 Å². The fourth-order valence-electron chi connectivity index (χ4n) is 4.60. The molecule has 7 nitrogen and oxygen atoms in total. The van der Waals surface area contributed by atoms with E-state index in [0.717, 1.165) is 63.0 Å². The van der Waals surface area contributed by atoms with Gasteiger partial charge in [0.15, 0.2) is 0 Å². The molecule has 0 aliphatic heterocycles. The minimum atomic E-state index is 0.000237. The molecule has 0 bridgehead atoms. The number of anilines is 2. The van der Waals surface area contributed by atoms with E-state index in [4.69, 9.17) is 10.6 Å². The second kappa shape index (κ2) is 25.8. The van der Waals surface area contributed by atoms with Crippen LogP contribution >= 0.6 is 0 Å². The summed E-state index contributed by atoms with van der Waals surface area (Å²) in [5, 5.41) is 9.92. The quantitative estimate of drug-likeness (QED) is 0.0940. The first kappa shape index (κ1) is 41.5. The highest BCUT2D eigenvalue weighted by atomic mass is 16.6. The van der Waals surface area contributed by atoms with E-state index < -0.39 is 0 Å². The van der Waals surface area contributed by atoms with Crippen molar-refractivity contribution < 1.29 is 4.84 Å². The summed E-state index contributed by atoms with van der Waals surface area (Å²) in [6.45, 7) is 21.4. The standard InChI is InChI=1S/C26H36N4O.C8H18N2.2C2H6/c1-20-12-13-21(17-26(2,3)19-31-30-23-10-7-14-28-18-23)16-25(20)29-15-6-9-22-8-4-5-11-24(22)27;1-4-6-8(9-3)7-10-5-2;2*1-2/h5,7,10-14,16,18,29-30H,4,6,8-9,15,17,19,27H2,1-3H3;7,9-10H,4-6H2,1-3H3;2*1-2H3/b;8-7-;;. The molecule has 1 aromatic heterocycles. The first-order valence-electron chi connectivity index (χ1n) is 17.1. The van der Waals surface area contributed by atoms with Crippen LogP contribution in [0.1, 0.15) is 105 Å². The van der Waals surface area contributed by atoms with Gasteiger partial charge in [-0.2, -0.15) is 0 Å². The van der Waals surface area contributed by atoms with Crippen molar-refractivity contribution in [3.05, 3.63) is 89.2 Å². The van der Waals surface area contributed by atoms with E-state index in [9.17, 15) is 0 Å². The molecule has 0 unspecified atom stereocenters. The fraction of sp³-hybridized carbons (Fsp3) is 0.553. The lowest BCUT2D eigenvalue weighted by Crippen LogP contribution is -2.24. The van der Waals surface area contributed by atoms with Crippen LogP contribution in [-0.4, -0.2) is 31.7 Å². The number of allylic oxidation sites excluding steroid dienone is 4. The van der Waals surface area contributed by atoms with E-state index in [1.165, 1.54) is 34.5 Å². The first-order valence-corrected chi connectivity index (χ1v) is 17.1. The van der Waals surface area contributed by atoms with Gasteiger partial charge < -0.3 is 21.7 Å². The van der Waals surface area contributed by atoms with Crippen LogP contribution in [0.5, 0.6) is 0 Å². The second-order valence-electron chi connectivity index (χ2n) is 11.4. The molecule has 0 saturated carbocycles. The first-order chi connectivity index (χ1) is 21.8. The average Bonchev–Trinajstić information content (AvgIpc) is 3.06. The number of hydrogen-bond donors (Lipinski definition) is 5. The van der Waals surface area contributed by atoms with Gasteiger partial charge in [0.25, 0.3) is 0 Å².